The Bertz CT molecular complexity index is 1430. The second kappa shape index (κ2) is 13.4. The average Bonchev–Trinajstić information content (AvgIpc) is 3.00. The molecule has 0 atom stereocenters. The van der Waals surface area contributed by atoms with E-state index in [1.165, 1.54) is 21.3 Å². The van der Waals surface area contributed by atoms with Crippen LogP contribution >= 0.6 is 11.6 Å². The molecule has 0 fully saturated rings. The summed E-state index contributed by atoms with van der Waals surface area (Å²) in [6.07, 6.45) is -0.913. The van der Waals surface area contributed by atoms with Gasteiger partial charge in [-0.15, -0.1) is 0 Å². The molecule has 0 aliphatic carbocycles. The molecule has 4 rings (SSSR count). The summed E-state index contributed by atoms with van der Waals surface area (Å²) >= 11 is 6.26. The van der Waals surface area contributed by atoms with Crippen molar-refractivity contribution in [1.82, 2.24) is 10.6 Å². The van der Waals surface area contributed by atoms with E-state index in [-0.39, 0.29) is 6.61 Å². The number of carbonyl (C=O) groups excluding carboxylic acids is 2. The van der Waals surface area contributed by atoms with Gasteiger partial charge in [-0.25, -0.2) is 0 Å². The normalized spacial score (nSPS) is 10.5. The highest BCUT2D eigenvalue weighted by Crippen LogP contribution is 2.31. The summed E-state index contributed by atoms with van der Waals surface area (Å²) in [5, 5.41) is 6.39. The van der Waals surface area contributed by atoms with Crippen LogP contribution in [0.3, 0.4) is 0 Å². The molecule has 206 valence electrons. The van der Waals surface area contributed by atoms with Crippen LogP contribution in [0.4, 0.5) is 0 Å². The van der Waals surface area contributed by atoms with Gasteiger partial charge in [0.15, 0.2) is 11.5 Å². The number of hydrogen-bond acceptors (Lipinski definition) is 6. The first-order chi connectivity index (χ1) is 19.4. The molecule has 4 aromatic carbocycles. The molecular formula is C31H29ClN2O6. The van der Waals surface area contributed by atoms with E-state index in [0.717, 1.165) is 5.56 Å². The minimum Gasteiger partial charge on any atom is -0.497 e. The summed E-state index contributed by atoms with van der Waals surface area (Å²) in [6.45, 7) is 0.234. The Kier molecular flexibility index (Phi) is 9.48. The molecule has 2 amide bonds. The summed E-state index contributed by atoms with van der Waals surface area (Å²) in [6, 6.07) is 26.0. The third-order valence-electron chi connectivity index (χ3n) is 6.08. The molecule has 40 heavy (non-hydrogen) atoms. The van der Waals surface area contributed by atoms with Crippen LogP contribution in [0.25, 0.3) is 0 Å². The zero-order valence-electron chi connectivity index (χ0n) is 22.3. The van der Waals surface area contributed by atoms with Crippen molar-refractivity contribution in [3.8, 4) is 23.0 Å². The number of nitrogens with one attached hydrogen (secondary N) is 2. The van der Waals surface area contributed by atoms with E-state index in [1.54, 1.807) is 72.8 Å². The van der Waals surface area contributed by atoms with Gasteiger partial charge in [0.1, 0.15) is 24.3 Å². The molecule has 9 heteroatoms. The van der Waals surface area contributed by atoms with Crippen molar-refractivity contribution in [1.29, 1.82) is 0 Å². The fraction of sp³-hybridized carbons (Fsp3) is 0.161. The average molecular weight is 561 g/mol. The Labute approximate surface area is 237 Å². The van der Waals surface area contributed by atoms with E-state index < -0.39 is 18.0 Å². The van der Waals surface area contributed by atoms with E-state index in [4.69, 9.17) is 30.5 Å². The summed E-state index contributed by atoms with van der Waals surface area (Å²) < 4.78 is 22.0. The fourth-order valence-corrected chi connectivity index (χ4v) is 4.10. The molecule has 0 aromatic heterocycles. The van der Waals surface area contributed by atoms with Crippen LogP contribution in [0.5, 0.6) is 23.0 Å². The molecule has 0 saturated carbocycles. The number of amides is 2. The standard InChI is InChI=1S/C31H29ClN2O6/c1-37-24-11-6-9-21(16-24)30(35)33-29(34-31(36)22-10-7-12-25(17-22)38-2)20-14-15-27(28(18-20)39-3)40-19-23-8-4-5-13-26(23)32/h4-18,29H,19H2,1-3H3,(H,33,35)(H,34,36). The van der Waals surface area contributed by atoms with Crippen LogP contribution < -0.4 is 29.6 Å². The van der Waals surface area contributed by atoms with Crippen molar-refractivity contribution in [2.24, 2.45) is 0 Å². The van der Waals surface area contributed by atoms with Gasteiger partial charge in [-0.3, -0.25) is 9.59 Å². The zero-order valence-corrected chi connectivity index (χ0v) is 23.0. The lowest BCUT2D eigenvalue weighted by atomic mass is 10.1. The van der Waals surface area contributed by atoms with Crippen molar-refractivity contribution < 1.29 is 28.5 Å². The first-order valence-corrected chi connectivity index (χ1v) is 12.7. The quantitative estimate of drug-likeness (QED) is 0.225. The van der Waals surface area contributed by atoms with Crippen molar-refractivity contribution in [3.63, 3.8) is 0 Å². The second-order valence-electron chi connectivity index (χ2n) is 8.63. The van der Waals surface area contributed by atoms with Gasteiger partial charge in [-0.2, -0.15) is 0 Å². The molecule has 4 aromatic rings. The Hall–Kier alpha value is -4.69. The Morgan fingerprint density at radius 3 is 1.85 bits per heavy atom. The molecule has 0 unspecified atom stereocenters. The van der Waals surface area contributed by atoms with Crippen LogP contribution in [0.15, 0.2) is 91.0 Å². The molecule has 2 N–H and O–H groups in total. The lowest BCUT2D eigenvalue weighted by molar-refractivity contribution is 0.0882. The van der Waals surface area contributed by atoms with E-state index >= 15 is 0 Å². The van der Waals surface area contributed by atoms with Crippen molar-refractivity contribution in [2.45, 2.75) is 12.8 Å². The molecule has 8 nitrogen and oxygen atoms in total. The van der Waals surface area contributed by atoms with Crippen molar-refractivity contribution in [2.75, 3.05) is 21.3 Å². The highest BCUT2D eigenvalue weighted by Gasteiger charge is 2.21. The Morgan fingerprint density at radius 1 is 0.700 bits per heavy atom. The minimum absolute atomic E-state index is 0.234. The van der Waals surface area contributed by atoms with Gasteiger partial charge in [0, 0.05) is 21.7 Å². The molecule has 0 aliphatic heterocycles. The van der Waals surface area contributed by atoms with E-state index in [0.29, 0.717) is 44.7 Å². The number of halogens is 1. The molecule has 0 aliphatic rings. The largest absolute Gasteiger partial charge is 0.497 e. The van der Waals surface area contributed by atoms with Gasteiger partial charge >= 0.3 is 0 Å². The summed E-state index contributed by atoms with van der Waals surface area (Å²) in [5.74, 6) is 1.14. The van der Waals surface area contributed by atoms with E-state index in [2.05, 4.69) is 10.6 Å². The number of benzene rings is 4. The number of methoxy groups -OCH3 is 3. The summed E-state index contributed by atoms with van der Waals surface area (Å²) in [4.78, 5) is 26.4. The maximum Gasteiger partial charge on any atom is 0.253 e. The van der Waals surface area contributed by atoms with Crippen LogP contribution in [-0.2, 0) is 6.61 Å². The predicted octanol–water partition coefficient (Wildman–Crippen LogP) is 5.80. The lowest BCUT2D eigenvalue weighted by Gasteiger charge is -2.22. The van der Waals surface area contributed by atoms with E-state index in [1.807, 2.05) is 18.2 Å². The van der Waals surface area contributed by atoms with Gasteiger partial charge in [0.2, 0.25) is 0 Å². The van der Waals surface area contributed by atoms with Crippen molar-refractivity contribution >= 4 is 23.4 Å². The van der Waals surface area contributed by atoms with E-state index in [9.17, 15) is 9.59 Å². The van der Waals surface area contributed by atoms with Gasteiger partial charge in [0.25, 0.3) is 11.8 Å². The third kappa shape index (κ3) is 7.03. The third-order valence-corrected chi connectivity index (χ3v) is 6.45. The fourth-order valence-electron chi connectivity index (χ4n) is 3.91. The number of ether oxygens (including phenoxy) is 4. The topological polar surface area (TPSA) is 95.1 Å². The number of rotatable bonds is 11. The van der Waals surface area contributed by atoms with Gasteiger partial charge in [0.05, 0.1) is 21.3 Å². The summed E-state index contributed by atoms with van der Waals surface area (Å²) in [5.41, 5.74) is 2.12. The molecule has 0 spiro atoms. The molecule has 0 saturated heterocycles. The van der Waals surface area contributed by atoms with Crippen molar-refractivity contribution in [3.05, 3.63) is 118 Å². The molecule has 0 bridgehead atoms. The first kappa shape index (κ1) is 28.3. The monoisotopic (exact) mass is 560 g/mol. The maximum atomic E-state index is 13.2. The molecule has 0 heterocycles. The van der Waals surface area contributed by atoms with Gasteiger partial charge in [-0.05, 0) is 60.2 Å². The maximum absolute atomic E-state index is 13.2. The lowest BCUT2D eigenvalue weighted by Crippen LogP contribution is -2.41. The van der Waals surface area contributed by atoms with Crippen LogP contribution in [0.2, 0.25) is 5.02 Å². The predicted molar refractivity (Wildman–Crippen MR) is 152 cm³/mol. The molecule has 0 radical (unpaired) electrons. The Balaban J connectivity index is 1.62. The van der Waals surface area contributed by atoms with Gasteiger partial charge < -0.3 is 29.6 Å². The van der Waals surface area contributed by atoms with Gasteiger partial charge in [-0.1, -0.05) is 48.0 Å². The SMILES string of the molecule is COc1cccc(C(=O)NC(NC(=O)c2cccc(OC)c2)c2ccc(OCc3ccccc3Cl)c(OC)c2)c1. The first-order valence-electron chi connectivity index (χ1n) is 12.4. The van der Waals surface area contributed by atoms with Crippen LogP contribution in [0.1, 0.15) is 38.0 Å². The highest BCUT2D eigenvalue weighted by atomic mass is 35.5. The smallest absolute Gasteiger partial charge is 0.253 e. The Morgan fingerprint density at radius 2 is 1.30 bits per heavy atom. The highest BCUT2D eigenvalue weighted by molar-refractivity contribution is 6.31. The van der Waals surface area contributed by atoms with Crippen LogP contribution in [0, 0.1) is 0 Å². The van der Waals surface area contributed by atoms with Crippen LogP contribution in [-0.4, -0.2) is 33.1 Å². The molecular weight excluding hydrogens is 532 g/mol. The summed E-state index contributed by atoms with van der Waals surface area (Å²) in [7, 11) is 4.56. The minimum atomic E-state index is -0.913. The number of hydrogen-bond donors (Lipinski definition) is 2. The second-order valence-corrected chi connectivity index (χ2v) is 9.04. The zero-order chi connectivity index (χ0) is 28.5. The number of carbonyl (C=O) groups is 2.